The van der Waals surface area contributed by atoms with E-state index in [2.05, 4.69) is 0 Å². The van der Waals surface area contributed by atoms with Crippen LogP contribution in [0.5, 0.6) is 0 Å². The molecule has 5 heteroatoms. The number of benzene rings is 3. The lowest BCUT2D eigenvalue weighted by atomic mass is 9.84. The quantitative estimate of drug-likeness (QED) is 0.311. The molecule has 0 aliphatic heterocycles. The molecule has 3 rings (SSSR count). The van der Waals surface area contributed by atoms with Crippen molar-refractivity contribution in [1.82, 2.24) is 0 Å². The topological polar surface area (TPSA) is 26.0 Å². The Kier molecular flexibility index (Phi) is 4.25. The average Bonchev–Trinajstić information content (AvgIpc) is 2.63. The van der Waals surface area contributed by atoms with E-state index in [9.17, 15) is 17.6 Å². The van der Waals surface area contributed by atoms with E-state index in [-0.39, 0.29) is 0 Å². The van der Waals surface area contributed by atoms with Crippen molar-refractivity contribution in [3.8, 4) is 0 Å². The van der Waals surface area contributed by atoms with Crippen LogP contribution in [-0.4, -0.2) is 0 Å². The predicted octanol–water partition coefficient (Wildman–Crippen LogP) is 5.01. The van der Waals surface area contributed by atoms with Crippen molar-refractivity contribution in [1.29, 1.82) is 0 Å². The van der Waals surface area contributed by atoms with Gasteiger partial charge in [0.1, 0.15) is 5.69 Å². The summed E-state index contributed by atoms with van der Waals surface area (Å²) in [6.07, 6.45) is 0. The molecule has 0 radical (unpaired) electrons. The van der Waals surface area contributed by atoms with Gasteiger partial charge in [0.25, 0.3) is 0 Å². The molecule has 0 amide bonds. The van der Waals surface area contributed by atoms with E-state index < -0.39 is 40.4 Å². The average molecular weight is 331 g/mol. The van der Waals surface area contributed by atoms with Gasteiger partial charge in [0.15, 0.2) is 23.3 Å². The summed E-state index contributed by atoms with van der Waals surface area (Å²) < 4.78 is 56.8. The molecule has 24 heavy (non-hydrogen) atoms. The van der Waals surface area contributed by atoms with E-state index >= 15 is 0 Å². The van der Waals surface area contributed by atoms with Crippen molar-refractivity contribution < 1.29 is 17.6 Å². The highest BCUT2D eigenvalue weighted by Gasteiger charge is 2.30. The van der Waals surface area contributed by atoms with Crippen LogP contribution in [0.2, 0.25) is 0 Å². The number of nitrogens with two attached hydrogens (primary N) is 1. The van der Waals surface area contributed by atoms with E-state index in [0.29, 0.717) is 11.1 Å². The van der Waals surface area contributed by atoms with Crippen molar-refractivity contribution in [3.63, 3.8) is 0 Å². The Balaban J connectivity index is 2.33. The van der Waals surface area contributed by atoms with Crippen LogP contribution in [0.1, 0.15) is 22.6 Å². The molecular formula is C19H13F4N. The molecule has 0 saturated heterocycles. The summed E-state index contributed by atoms with van der Waals surface area (Å²) in [5.41, 5.74) is 4.25. The van der Waals surface area contributed by atoms with Crippen molar-refractivity contribution >= 4 is 5.69 Å². The van der Waals surface area contributed by atoms with Crippen molar-refractivity contribution in [2.75, 3.05) is 5.73 Å². The fraction of sp³-hybridized carbons (Fsp3) is 0.0526. The van der Waals surface area contributed by atoms with E-state index in [4.69, 9.17) is 5.73 Å². The number of hydrogen-bond donors (Lipinski definition) is 1. The molecule has 0 bridgehead atoms. The third kappa shape index (κ3) is 2.62. The molecule has 0 fully saturated rings. The predicted molar refractivity (Wildman–Crippen MR) is 84.5 cm³/mol. The summed E-state index contributed by atoms with van der Waals surface area (Å²) in [5, 5.41) is 0. The Labute approximate surface area is 136 Å². The van der Waals surface area contributed by atoms with E-state index in [1.54, 1.807) is 60.7 Å². The molecule has 0 aliphatic rings. The number of halogens is 4. The van der Waals surface area contributed by atoms with Crippen LogP contribution in [0, 0.1) is 23.3 Å². The molecular weight excluding hydrogens is 318 g/mol. The first-order valence-electron chi connectivity index (χ1n) is 7.23. The van der Waals surface area contributed by atoms with Crippen LogP contribution < -0.4 is 5.73 Å². The lowest BCUT2D eigenvalue weighted by Gasteiger charge is -2.21. The first-order chi connectivity index (χ1) is 11.5. The molecule has 0 spiro atoms. The molecule has 1 nitrogen and oxygen atoms in total. The maximum atomic E-state index is 14.5. The molecule has 3 aromatic rings. The Bertz CT molecular complexity index is 795. The van der Waals surface area contributed by atoms with Gasteiger partial charge in [-0.1, -0.05) is 60.7 Å². The largest absolute Gasteiger partial charge is 0.394 e. The van der Waals surface area contributed by atoms with Gasteiger partial charge in [0.2, 0.25) is 0 Å². The van der Waals surface area contributed by atoms with E-state index in [1.165, 1.54) is 0 Å². The van der Waals surface area contributed by atoms with Crippen LogP contribution in [0.25, 0.3) is 0 Å². The SMILES string of the molecule is Nc1c(F)c(F)c(C(c2ccccc2)c2ccccc2)c(F)c1F. The third-order valence-corrected chi connectivity index (χ3v) is 3.89. The fourth-order valence-electron chi connectivity index (χ4n) is 2.74. The minimum absolute atomic E-state index is 0.505. The smallest absolute Gasteiger partial charge is 0.185 e. The normalized spacial score (nSPS) is 11.0. The minimum Gasteiger partial charge on any atom is -0.394 e. The van der Waals surface area contributed by atoms with Crippen molar-refractivity contribution in [2.24, 2.45) is 0 Å². The monoisotopic (exact) mass is 331 g/mol. The Morgan fingerprint density at radius 3 is 1.33 bits per heavy atom. The summed E-state index contributed by atoms with van der Waals surface area (Å²) in [4.78, 5) is 0. The molecule has 0 aromatic heterocycles. The summed E-state index contributed by atoms with van der Waals surface area (Å²) in [6, 6.07) is 16.8. The van der Waals surface area contributed by atoms with Gasteiger partial charge in [-0.15, -0.1) is 0 Å². The maximum Gasteiger partial charge on any atom is 0.185 e. The standard InChI is InChI=1S/C19H13F4N/c20-15-14(16(21)18(23)19(24)17(15)22)13(11-7-3-1-4-8-11)12-9-5-2-6-10-12/h1-10,13H,24H2. The number of nitrogen functional groups attached to an aromatic ring is 1. The number of rotatable bonds is 3. The molecule has 0 heterocycles. The molecule has 0 atom stereocenters. The van der Waals surface area contributed by atoms with Gasteiger partial charge in [-0.25, -0.2) is 17.6 Å². The molecule has 3 aromatic carbocycles. The number of anilines is 1. The lowest BCUT2D eigenvalue weighted by molar-refractivity contribution is 0.442. The van der Waals surface area contributed by atoms with Gasteiger partial charge >= 0.3 is 0 Å². The van der Waals surface area contributed by atoms with Gasteiger partial charge in [0, 0.05) is 11.5 Å². The molecule has 0 unspecified atom stereocenters. The van der Waals surface area contributed by atoms with Crippen LogP contribution in [0.4, 0.5) is 23.2 Å². The van der Waals surface area contributed by atoms with Crippen molar-refractivity contribution in [2.45, 2.75) is 5.92 Å². The van der Waals surface area contributed by atoms with Gasteiger partial charge in [0.05, 0.1) is 0 Å². The maximum absolute atomic E-state index is 14.5. The highest BCUT2D eigenvalue weighted by Crippen LogP contribution is 2.38. The molecule has 0 saturated carbocycles. The Morgan fingerprint density at radius 1 is 0.583 bits per heavy atom. The highest BCUT2D eigenvalue weighted by atomic mass is 19.2. The van der Waals surface area contributed by atoms with Gasteiger partial charge in [-0.05, 0) is 11.1 Å². The Morgan fingerprint density at radius 2 is 0.958 bits per heavy atom. The summed E-state index contributed by atoms with van der Waals surface area (Å²) in [7, 11) is 0. The van der Waals surface area contributed by atoms with Crippen LogP contribution in [0.3, 0.4) is 0 Å². The zero-order chi connectivity index (χ0) is 17.3. The zero-order valence-corrected chi connectivity index (χ0v) is 12.4. The van der Waals surface area contributed by atoms with E-state index in [0.717, 1.165) is 0 Å². The first kappa shape index (κ1) is 16.1. The highest BCUT2D eigenvalue weighted by molar-refractivity contribution is 5.51. The summed E-state index contributed by atoms with van der Waals surface area (Å²) >= 11 is 0. The van der Waals surface area contributed by atoms with Crippen LogP contribution in [0.15, 0.2) is 60.7 Å². The summed E-state index contributed by atoms with van der Waals surface area (Å²) in [5.74, 6) is -7.13. The molecule has 122 valence electrons. The summed E-state index contributed by atoms with van der Waals surface area (Å²) in [6.45, 7) is 0. The second-order valence-electron chi connectivity index (χ2n) is 5.34. The molecule has 0 aliphatic carbocycles. The lowest BCUT2D eigenvalue weighted by Crippen LogP contribution is -2.14. The second-order valence-corrected chi connectivity index (χ2v) is 5.34. The second kappa shape index (κ2) is 6.35. The van der Waals surface area contributed by atoms with E-state index in [1.807, 2.05) is 0 Å². The zero-order valence-electron chi connectivity index (χ0n) is 12.4. The first-order valence-corrected chi connectivity index (χ1v) is 7.23. The molecule has 2 N–H and O–H groups in total. The van der Waals surface area contributed by atoms with Gasteiger partial charge in [-0.2, -0.15) is 0 Å². The third-order valence-electron chi connectivity index (χ3n) is 3.89. The Hall–Kier alpha value is -2.82. The van der Waals surface area contributed by atoms with Gasteiger partial charge < -0.3 is 5.73 Å². The van der Waals surface area contributed by atoms with Crippen LogP contribution >= 0.6 is 0 Å². The number of hydrogen-bond acceptors (Lipinski definition) is 1. The fourth-order valence-corrected chi connectivity index (χ4v) is 2.74. The van der Waals surface area contributed by atoms with Crippen LogP contribution in [-0.2, 0) is 0 Å². The van der Waals surface area contributed by atoms with Gasteiger partial charge in [-0.3, -0.25) is 0 Å². The van der Waals surface area contributed by atoms with Crippen molar-refractivity contribution in [3.05, 3.63) is 101 Å². The minimum atomic E-state index is -1.58.